The van der Waals surface area contributed by atoms with E-state index in [2.05, 4.69) is 0 Å². The maximum atomic E-state index is 8.86. The van der Waals surface area contributed by atoms with Crippen molar-refractivity contribution in [1.29, 1.82) is 10.5 Å². The maximum Gasteiger partial charge on any atom is 0.151 e. The fourth-order valence-corrected chi connectivity index (χ4v) is 1.45. The molecule has 0 spiro atoms. The van der Waals surface area contributed by atoms with Crippen molar-refractivity contribution in [1.82, 2.24) is 0 Å². The van der Waals surface area contributed by atoms with Gasteiger partial charge in [-0.2, -0.15) is 10.5 Å². The monoisotopic (exact) mass is 169 g/mol. The molecule has 0 heterocycles. The predicted molar refractivity (Wildman–Crippen MR) is 47.5 cm³/mol. The summed E-state index contributed by atoms with van der Waals surface area (Å²) in [6, 6.07) is 13.0. The zero-order valence-electron chi connectivity index (χ0n) is 7.99. The normalized spacial score (nSPS) is 29.5. The van der Waals surface area contributed by atoms with Gasteiger partial charge in [0.15, 0.2) is 5.41 Å². The van der Waals surface area contributed by atoms with Crippen molar-refractivity contribution in [2.45, 2.75) is 12.3 Å². The van der Waals surface area contributed by atoms with E-state index in [9.17, 15) is 0 Å². The fourth-order valence-electron chi connectivity index (χ4n) is 1.45. The van der Waals surface area contributed by atoms with E-state index in [4.69, 9.17) is 11.9 Å². The van der Waals surface area contributed by atoms with Gasteiger partial charge in [0.2, 0.25) is 0 Å². The van der Waals surface area contributed by atoms with Crippen molar-refractivity contribution >= 4 is 0 Å². The van der Waals surface area contributed by atoms with Crippen LogP contribution < -0.4 is 0 Å². The van der Waals surface area contributed by atoms with E-state index in [0.29, 0.717) is 6.42 Å². The van der Waals surface area contributed by atoms with Gasteiger partial charge in [-0.05, 0) is 12.0 Å². The molecule has 1 aromatic rings. The third-order valence-electron chi connectivity index (χ3n) is 2.34. The Hall–Kier alpha value is -1.80. The van der Waals surface area contributed by atoms with Crippen molar-refractivity contribution < 1.29 is 1.37 Å². The standard InChI is InChI=1S/C11H8N2/c12-7-11(8-13)6-10(11)9-4-2-1-3-5-9/h1-5,10H,6H2/i10D. The summed E-state index contributed by atoms with van der Waals surface area (Å²) in [5, 5.41) is 17.7. The first kappa shape index (κ1) is 6.69. The summed E-state index contributed by atoms with van der Waals surface area (Å²) in [7, 11) is 0. The van der Waals surface area contributed by atoms with E-state index in [1.54, 1.807) is 12.1 Å². The molecule has 0 N–H and O–H groups in total. The molecule has 0 aromatic heterocycles. The number of rotatable bonds is 1. The molecular formula is C11H8N2. The largest absolute Gasteiger partial charge is 0.197 e. The molecule has 1 aliphatic rings. The Morgan fingerprint density at radius 1 is 1.31 bits per heavy atom. The molecule has 1 atom stereocenters. The van der Waals surface area contributed by atoms with Gasteiger partial charge in [0.1, 0.15) is 0 Å². The fraction of sp³-hybridized carbons (Fsp3) is 0.273. The Morgan fingerprint density at radius 3 is 2.38 bits per heavy atom. The van der Waals surface area contributed by atoms with Crippen LogP contribution in [-0.4, -0.2) is 0 Å². The molecule has 0 aliphatic heterocycles. The van der Waals surface area contributed by atoms with E-state index >= 15 is 0 Å². The highest BCUT2D eigenvalue weighted by molar-refractivity contribution is 5.40. The van der Waals surface area contributed by atoms with Gasteiger partial charge in [-0.1, -0.05) is 30.3 Å². The van der Waals surface area contributed by atoms with Gasteiger partial charge < -0.3 is 0 Å². The molecule has 0 saturated heterocycles. The lowest BCUT2D eigenvalue weighted by molar-refractivity contribution is 0.841. The molecule has 1 unspecified atom stereocenters. The summed E-state index contributed by atoms with van der Waals surface area (Å²) < 4.78 is 8.04. The van der Waals surface area contributed by atoms with Crippen LogP contribution in [0, 0.1) is 28.1 Å². The van der Waals surface area contributed by atoms with E-state index in [1.807, 2.05) is 30.3 Å². The minimum absolute atomic E-state index is 0.316. The first-order valence-electron chi connectivity index (χ1n) is 4.57. The summed E-state index contributed by atoms with van der Waals surface area (Å²) in [6.45, 7) is 0. The summed E-state index contributed by atoms with van der Waals surface area (Å²) in [6.07, 6.45) is 0.316. The van der Waals surface area contributed by atoms with Gasteiger partial charge in [0.05, 0.1) is 12.1 Å². The average molecular weight is 169 g/mol. The summed E-state index contributed by atoms with van der Waals surface area (Å²) in [5.74, 6) is -1.02. The maximum absolute atomic E-state index is 8.86. The molecule has 2 rings (SSSR count). The SMILES string of the molecule is [2H]C1(c2ccccc2)CC1(C#N)C#N. The Balaban J connectivity index is 2.42. The highest BCUT2D eigenvalue weighted by Gasteiger charge is 2.56. The molecule has 1 saturated carbocycles. The molecule has 1 aliphatic carbocycles. The summed E-state index contributed by atoms with van der Waals surface area (Å²) in [4.78, 5) is 0. The molecule has 1 aromatic carbocycles. The van der Waals surface area contributed by atoms with Gasteiger partial charge in [0.25, 0.3) is 0 Å². The predicted octanol–water partition coefficient (Wildman–Crippen LogP) is 2.21. The van der Waals surface area contributed by atoms with Gasteiger partial charge >= 0.3 is 0 Å². The second-order valence-corrected chi connectivity index (χ2v) is 3.15. The van der Waals surface area contributed by atoms with Crippen LogP contribution in [0.4, 0.5) is 0 Å². The van der Waals surface area contributed by atoms with Gasteiger partial charge in [-0.15, -0.1) is 0 Å². The van der Waals surface area contributed by atoms with Crippen LogP contribution in [0.25, 0.3) is 0 Å². The molecule has 62 valence electrons. The second kappa shape index (κ2) is 2.61. The molecule has 0 bridgehead atoms. The van der Waals surface area contributed by atoms with Crippen molar-refractivity contribution in [3.05, 3.63) is 35.9 Å². The highest BCUT2D eigenvalue weighted by Crippen LogP contribution is 2.58. The van der Waals surface area contributed by atoms with E-state index < -0.39 is 11.3 Å². The topological polar surface area (TPSA) is 47.6 Å². The zero-order chi connectivity index (χ0) is 10.2. The minimum Gasteiger partial charge on any atom is -0.197 e. The van der Waals surface area contributed by atoms with Crippen molar-refractivity contribution in [2.24, 2.45) is 5.41 Å². The number of hydrogen-bond donors (Lipinski definition) is 0. The number of benzene rings is 1. The van der Waals surface area contributed by atoms with Crippen LogP contribution in [0.5, 0.6) is 0 Å². The third kappa shape index (κ3) is 1.08. The van der Waals surface area contributed by atoms with E-state index in [-0.39, 0.29) is 0 Å². The highest BCUT2D eigenvalue weighted by atomic mass is 14.6. The van der Waals surface area contributed by atoms with E-state index in [1.165, 1.54) is 0 Å². The lowest BCUT2D eigenvalue weighted by Gasteiger charge is -1.97. The minimum atomic E-state index is -1.13. The van der Waals surface area contributed by atoms with Gasteiger partial charge in [-0.3, -0.25) is 0 Å². The molecule has 0 amide bonds. The van der Waals surface area contributed by atoms with E-state index in [0.717, 1.165) is 5.56 Å². The number of hydrogen-bond acceptors (Lipinski definition) is 2. The first-order valence-corrected chi connectivity index (χ1v) is 4.07. The lowest BCUT2D eigenvalue weighted by Crippen LogP contribution is -1.94. The smallest absolute Gasteiger partial charge is 0.151 e. The first-order chi connectivity index (χ1) is 6.68. The summed E-state index contributed by atoms with van der Waals surface area (Å²) in [5.41, 5.74) is -0.378. The van der Waals surface area contributed by atoms with Crippen LogP contribution >= 0.6 is 0 Å². The van der Waals surface area contributed by atoms with Crippen LogP contribution in [0.1, 0.15) is 19.2 Å². The number of nitriles is 2. The Bertz CT molecular complexity index is 427. The summed E-state index contributed by atoms with van der Waals surface area (Å²) >= 11 is 0. The zero-order valence-corrected chi connectivity index (χ0v) is 6.99. The lowest BCUT2D eigenvalue weighted by atomic mass is 10.0. The van der Waals surface area contributed by atoms with Crippen LogP contribution in [-0.2, 0) is 0 Å². The third-order valence-corrected chi connectivity index (χ3v) is 2.34. The van der Waals surface area contributed by atoms with Crippen LogP contribution in [0.2, 0.25) is 0 Å². The number of nitrogens with zero attached hydrogens (tertiary/aromatic N) is 2. The Labute approximate surface area is 78.4 Å². The Morgan fingerprint density at radius 2 is 1.92 bits per heavy atom. The molecule has 2 heteroatoms. The Kier molecular flexibility index (Phi) is 1.34. The molecule has 13 heavy (non-hydrogen) atoms. The molecule has 0 radical (unpaired) electrons. The molecular weight excluding hydrogens is 160 g/mol. The molecule has 2 nitrogen and oxygen atoms in total. The van der Waals surface area contributed by atoms with Crippen molar-refractivity contribution in [3.8, 4) is 12.1 Å². The van der Waals surface area contributed by atoms with Crippen LogP contribution in [0.3, 0.4) is 0 Å². The van der Waals surface area contributed by atoms with Crippen molar-refractivity contribution in [3.63, 3.8) is 0 Å². The molecule has 1 fully saturated rings. The van der Waals surface area contributed by atoms with Crippen molar-refractivity contribution in [2.75, 3.05) is 0 Å². The second-order valence-electron chi connectivity index (χ2n) is 3.15. The average Bonchev–Trinajstić information content (AvgIpc) is 2.88. The van der Waals surface area contributed by atoms with Gasteiger partial charge in [0, 0.05) is 7.26 Å². The van der Waals surface area contributed by atoms with Crippen LogP contribution in [0.15, 0.2) is 30.3 Å². The quantitative estimate of drug-likeness (QED) is 0.647. The van der Waals surface area contributed by atoms with Gasteiger partial charge in [-0.25, -0.2) is 0 Å².